The summed E-state index contributed by atoms with van der Waals surface area (Å²) < 4.78 is 0. The molecule has 0 saturated heterocycles. The maximum absolute atomic E-state index is 9.61. The molecule has 0 aliphatic heterocycles. The van der Waals surface area contributed by atoms with Crippen molar-refractivity contribution in [3.8, 4) is 0 Å². The lowest BCUT2D eigenvalue weighted by Gasteiger charge is -2.11. The molecule has 0 amide bonds. The van der Waals surface area contributed by atoms with Gasteiger partial charge in [0, 0.05) is 0 Å². The van der Waals surface area contributed by atoms with Crippen molar-refractivity contribution in [3.63, 3.8) is 0 Å². The molecule has 0 heterocycles. The molecule has 0 unspecified atom stereocenters. The lowest BCUT2D eigenvalue weighted by atomic mass is 10.0. The third-order valence-electron chi connectivity index (χ3n) is 3.18. The molecule has 19 heavy (non-hydrogen) atoms. The van der Waals surface area contributed by atoms with Gasteiger partial charge in [-0.2, -0.15) is 0 Å². The third kappa shape index (κ3) is 6.01. The number of hydrogen-bond donors (Lipinski definition) is 3. The van der Waals surface area contributed by atoms with Crippen molar-refractivity contribution in [2.24, 2.45) is 5.73 Å². The van der Waals surface area contributed by atoms with Crippen LogP contribution in [-0.4, -0.2) is 29.0 Å². The fraction of sp³-hybridized carbons (Fsp3) is 0.500. The molecule has 1 rings (SSSR count). The first-order chi connectivity index (χ1) is 9.17. The quantitative estimate of drug-likeness (QED) is 0.629. The number of aliphatic hydroxyl groups excluding tert-OH is 2. The third-order valence-corrected chi connectivity index (χ3v) is 3.18. The Hall–Kier alpha value is -1.16. The molecular formula is C16H25NO2. The van der Waals surface area contributed by atoms with Gasteiger partial charge in [-0.25, -0.2) is 0 Å². The first kappa shape index (κ1) is 15.9. The fourth-order valence-electron chi connectivity index (χ4n) is 1.83. The topological polar surface area (TPSA) is 66.5 Å². The summed E-state index contributed by atoms with van der Waals surface area (Å²) in [5, 5.41) is 18.4. The molecule has 0 saturated carbocycles. The van der Waals surface area contributed by atoms with Gasteiger partial charge >= 0.3 is 0 Å². The molecule has 0 aliphatic carbocycles. The Morgan fingerprint density at radius 2 is 1.89 bits per heavy atom. The van der Waals surface area contributed by atoms with Gasteiger partial charge in [-0.05, 0) is 24.0 Å². The zero-order chi connectivity index (χ0) is 14.1. The minimum Gasteiger partial charge on any atom is -0.395 e. The Balaban J connectivity index is 2.49. The lowest BCUT2D eigenvalue weighted by Crippen LogP contribution is -2.36. The molecule has 0 fully saturated rings. The minimum absolute atomic E-state index is 0.220. The number of aryl methyl sites for hydroxylation is 1. The highest BCUT2D eigenvalue weighted by molar-refractivity contribution is 5.50. The molecule has 0 bridgehead atoms. The normalized spacial score (nSPS) is 14.7. The molecule has 0 radical (unpaired) electrons. The van der Waals surface area contributed by atoms with Crippen LogP contribution in [0, 0.1) is 0 Å². The van der Waals surface area contributed by atoms with Crippen LogP contribution in [0.2, 0.25) is 0 Å². The number of hydrogen-bond acceptors (Lipinski definition) is 3. The Morgan fingerprint density at radius 3 is 2.47 bits per heavy atom. The summed E-state index contributed by atoms with van der Waals surface area (Å²) in [5.41, 5.74) is 7.90. The summed E-state index contributed by atoms with van der Waals surface area (Å²) in [4.78, 5) is 0. The van der Waals surface area contributed by atoms with E-state index in [1.54, 1.807) is 6.08 Å². The number of aliphatic hydroxyl groups is 2. The molecule has 4 N–H and O–H groups in total. The lowest BCUT2D eigenvalue weighted by molar-refractivity contribution is 0.145. The predicted octanol–water partition coefficient (Wildman–Crippen LogP) is 2.11. The number of nitrogens with two attached hydrogens (primary N) is 1. The Kier molecular flexibility index (Phi) is 7.41. The average molecular weight is 263 g/mol. The van der Waals surface area contributed by atoms with Crippen LogP contribution in [0.25, 0.3) is 6.08 Å². The molecule has 2 atom stereocenters. The van der Waals surface area contributed by atoms with Crippen molar-refractivity contribution in [2.75, 3.05) is 6.61 Å². The highest BCUT2D eigenvalue weighted by Gasteiger charge is 2.08. The number of benzene rings is 1. The Labute approximate surface area is 115 Å². The Morgan fingerprint density at radius 1 is 1.21 bits per heavy atom. The summed E-state index contributed by atoms with van der Waals surface area (Å²) in [6, 6.07) is 7.69. The molecule has 1 aromatic carbocycles. The van der Waals surface area contributed by atoms with E-state index in [0.717, 1.165) is 12.0 Å². The second-order valence-electron chi connectivity index (χ2n) is 4.89. The second-order valence-corrected chi connectivity index (χ2v) is 4.89. The second kappa shape index (κ2) is 8.86. The molecule has 0 aromatic heterocycles. The molecule has 1 aromatic rings. The van der Waals surface area contributed by atoms with Crippen LogP contribution in [0.15, 0.2) is 30.3 Å². The minimum atomic E-state index is -0.811. The predicted molar refractivity (Wildman–Crippen MR) is 79.8 cm³/mol. The molecule has 0 spiro atoms. The van der Waals surface area contributed by atoms with Gasteiger partial charge < -0.3 is 15.9 Å². The summed E-state index contributed by atoms with van der Waals surface area (Å²) >= 11 is 0. The van der Waals surface area contributed by atoms with E-state index >= 15 is 0 Å². The van der Waals surface area contributed by atoms with Crippen LogP contribution >= 0.6 is 0 Å². The van der Waals surface area contributed by atoms with Crippen LogP contribution in [0.1, 0.15) is 37.3 Å². The zero-order valence-corrected chi connectivity index (χ0v) is 11.6. The van der Waals surface area contributed by atoms with Gasteiger partial charge in [-0.15, -0.1) is 0 Å². The number of unbranched alkanes of at least 4 members (excludes halogenated alkanes) is 2. The van der Waals surface area contributed by atoms with Gasteiger partial charge in [0.15, 0.2) is 0 Å². The summed E-state index contributed by atoms with van der Waals surface area (Å²) in [6.07, 6.45) is 7.50. The van der Waals surface area contributed by atoms with Gasteiger partial charge in [-0.3, -0.25) is 0 Å². The first-order valence-electron chi connectivity index (χ1n) is 6.99. The molecule has 3 heteroatoms. The SMILES string of the molecule is CCCCCc1ccc(/C=C/[C@@H](O)[C@@H](N)CO)cc1. The maximum atomic E-state index is 9.61. The standard InChI is InChI=1S/C16H25NO2/c1-2-3-4-5-13-6-8-14(9-7-13)10-11-16(19)15(17)12-18/h6-11,15-16,18-19H,2-5,12,17H2,1H3/b11-10+/t15-,16+/m0/s1. The largest absolute Gasteiger partial charge is 0.395 e. The van der Waals surface area contributed by atoms with Gasteiger partial charge in [0.2, 0.25) is 0 Å². The van der Waals surface area contributed by atoms with Crippen LogP contribution in [-0.2, 0) is 6.42 Å². The van der Waals surface area contributed by atoms with Gasteiger partial charge in [0.1, 0.15) is 0 Å². The van der Waals surface area contributed by atoms with E-state index in [4.69, 9.17) is 10.8 Å². The zero-order valence-electron chi connectivity index (χ0n) is 11.6. The van der Waals surface area contributed by atoms with Crippen molar-refractivity contribution in [1.82, 2.24) is 0 Å². The van der Waals surface area contributed by atoms with Gasteiger partial charge in [0.05, 0.1) is 18.8 Å². The van der Waals surface area contributed by atoms with Crippen molar-refractivity contribution >= 4 is 6.08 Å². The fourth-order valence-corrected chi connectivity index (χ4v) is 1.83. The van der Waals surface area contributed by atoms with Gasteiger partial charge in [0.25, 0.3) is 0 Å². The highest BCUT2D eigenvalue weighted by atomic mass is 16.3. The van der Waals surface area contributed by atoms with E-state index in [1.165, 1.54) is 24.8 Å². The van der Waals surface area contributed by atoms with E-state index in [-0.39, 0.29) is 6.61 Å². The van der Waals surface area contributed by atoms with E-state index in [0.29, 0.717) is 0 Å². The maximum Gasteiger partial charge on any atom is 0.0897 e. The van der Waals surface area contributed by atoms with E-state index in [9.17, 15) is 5.11 Å². The van der Waals surface area contributed by atoms with Crippen LogP contribution in [0.3, 0.4) is 0 Å². The first-order valence-corrected chi connectivity index (χ1v) is 6.99. The van der Waals surface area contributed by atoms with Crippen LogP contribution in [0.4, 0.5) is 0 Å². The summed E-state index contributed by atoms with van der Waals surface area (Å²) in [5.74, 6) is 0. The Bertz CT molecular complexity index is 373. The summed E-state index contributed by atoms with van der Waals surface area (Å²) in [7, 11) is 0. The molecular weight excluding hydrogens is 238 g/mol. The average Bonchev–Trinajstić information content (AvgIpc) is 2.45. The van der Waals surface area contributed by atoms with Crippen molar-refractivity contribution in [2.45, 2.75) is 44.8 Å². The summed E-state index contributed by atoms with van der Waals surface area (Å²) in [6.45, 7) is 1.98. The molecule has 0 aliphatic rings. The molecule has 3 nitrogen and oxygen atoms in total. The van der Waals surface area contributed by atoms with E-state index in [2.05, 4.69) is 19.1 Å². The van der Waals surface area contributed by atoms with Crippen LogP contribution < -0.4 is 5.73 Å². The smallest absolute Gasteiger partial charge is 0.0897 e. The monoisotopic (exact) mass is 263 g/mol. The molecule has 106 valence electrons. The van der Waals surface area contributed by atoms with Crippen molar-refractivity contribution in [1.29, 1.82) is 0 Å². The van der Waals surface area contributed by atoms with Crippen molar-refractivity contribution < 1.29 is 10.2 Å². The van der Waals surface area contributed by atoms with E-state index in [1.807, 2.05) is 18.2 Å². The van der Waals surface area contributed by atoms with E-state index < -0.39 is 12.1 Å². The van der Waals surface area contributed by atoms with Crippen LogP contribution in [0.5, 0.6) is 0 Å². The highest BCUT2D eigenvalue weighted by Crippen LogP contribution is 2.10. The number of rotatable bonds is 8. The van der Waals surface area contributed by atoms with Gasteiger partial charge in [-0.1, -0.05) is 56.2 Å². The van der Waals surface area contributed by atoms with Crippen molar-refractivity contribution in [3.05, 3.63) is 41.5 Å².